The first-order valence-corrected chi connectivity index (χ1v) is 11.2. The maximum atomic E-state index is 12.5. The summed E-state index contributed by atoms with van der Waals surface area (Å²) < 4.78 is 1.93. The highest BCUT2D eigenvalue weighted by Crippen LogP contribution is 2.40. The number of rotatable bonds is 9. The fourth-order valence-electron chi connectivity index (χ4n) is 3.40. The van der Waals surface area contributed by atoms with Gasteiger partial charge in [0.1, 0.15) is 5.82 Å². The molecule has 0 unspecified atom stereocenters. The molecule has 1 heterocycles. The molecule has 30 heavy (non-hydrogen) atoms. The molecule has 7 heteroatoms. The van der Waals surface area contributed by atoms with Crippen molar-refractivity contribution in [3.8, 4) is 5.69 Å². The van der Waals surface area contributed by atoms with Crippen molar-refractivity contribution in [2.24, 2.45) is 0 Å². The van der Waals surface area contributed by atoms with Crippen LogP contribution in [0.1, 0.15) is 36.2 Å². The zero-order chi connectivity index (χ0) is 20.9. The van der Waals surface area contributed by atoms with Gasteiger partial charge in [-0.25, -0.2) is 9.67 Å². The third kappa shape index (κ3) is 5.09. The van der Waals surface area contributed by atoms with Crippen molar-refractivity contribution >= 4 is 17.7 Å². The van der Waals surface area contributed by atoms with Crippen LogP contribution in [0.2, 0.25) is 0 Å². The van der Waals surface area contributed by atoms with Crippen LogP contribution in [-0.4, -0.2) is 52.0 Å². The van der Waals surface area contributed by atoms with Crippen molar-refractivity contribution in [2.75, 3.05) is 26.4 Å². The number of carbonyl (C=O) groups is 1. The molecule has 0 saturated heterocycles. The lowest BCUT2D eigenvalue weighted by Crippen LogP contribution is -2.35. The lowest BCUT2D eigenvalue weighted by molar-refractivity contribution is -0.118. The van der Waals surface area contributed by atoms with Gasteiger partial charge in [0, 0.05) is 12.5 Å². The van der Waals surface area contributed by atoms with Crippen LogP contribution < -0.4 is 5.32 Å². The van der Waals surface area contributed by atoms with Gasteiger partial charge >= 0.3 is 0 Å². The number of thioether (sulfide) groups is 1. The van der Waals surface area contributed by atoms with Crippen molar-refractivity contribution in [2.45, 2.75) is 30.0 Å². The van der Waals surface area contributed by atoms with E-state index >= 15 is 0 Å². The highest BCUT2D eigenvalue weighted by atomic mass is 32.2. The molecule has 0 spiro atoms. The van der Waals surface area contributed by atoms with Crippen molar-refractivity contribution in [3.63, 3.8) is 0 Å². The SMILES string of the molecule is CN(C)[C@H](CNC(=O)CSc1nc(C2CC2)n(-c2ccccc2)n1)c1ccccc1. The number of likely N-dealkylation sites (N-methyl/N-ethyl adjacent to an activating group) is 1. The Kier molecular flexibility index (Phi) is 6.50. The van der Waals surface area contributed by atoms with Gasteiger partial charge in [-0.05, 0) is 44.6 Å². The van der Waals surface area contributed by atoms with Crippen LogP contribution in [0.3, 0.4) is 0 Å². The van der Waals surface area contributed by atoms with Crippen molar-refractivity contribution in [1.29, 1.82) is 0 Å². The molecule has 0 aliphatic heterocycles. The number of carbonyl (C=O) groups excluding carboxylic acids is 1. The Morgan fingerprint density at radius 1 is 1.13 bits per heavy atom. The number of amides is 1. The van der Waals surface area contributed by atoms with E-state index in [4.69, 9.17) is 4.98 Å². The Morgan fingerprint density at radius 3 is 2.43 bits per heavy atom. The number of para-hydroxylation sites is 1. The first kappa shape index (κ1) is 20.6. The van der Waals surface area contributed by atoms with Gasteiger partial charge < -0.3 is 10.2 Å². The normalized spacial score (nSPS) is 14.6. The Hall–Kier alpha value is -2.64. The van der Waals surface area contributed by atoms with E-state index in [1.165, 1.54) is 17.3 Å². The first-order chi connectivity index (χ1) is 14.6. The van der Waals surface area contributed by atoms with E-state index in [0.29, 0.717) is 23.4 Å². The summed E-state index contributed by atoms with van der Waals surface area (Å²) in [7, 11) is 4.05. The summed E-state index contributed by atoms with van der Waals surface area (Å²) in [5, 5.41) is 8.38. The van der Waals surface area contributed by atoms with E-state index in [1.54, 1.807) is 0 Å². The third-order valence-electron chi connectivity index (χ3n) is 5.19. The van der Waals surface area contributed by atoms with Crippen LogP contribution in [-0.2, 0) is 4.79 Å². The second-order valence-corrected chi connectivity index (χ2v) is 8.70. The Morgan fingerprint density at radius 2 is 1.80 bits per heavy atom. The topological polar surface area (TPSA) is 63.1 Å². The molecule has 1 atom stereocenters. The quantitative estimate of drug-likeness (QED) is 0.534. The van der Waals surface area contributed by atoms with E-state index in [0.717, 1.165) is 24.4 Å². The molecule has 2 aromatic carbocycles. The van der Waals surface area contributed by atoms with E-state index in [1.807, 2.05) is 67.3 Å². The van der Waals surface area contributed by atoms with Gasteiger partial charge in [-0.3, -0.25) is 4.79 Å². The molecular weight excluding hydrogens is 394 g/mol. The number of nitrogens with zero attached hydrogens (tertiary/aromatic N) is 4. The van der Waals surface area contributed by atoms with Crippen LogP contribution in [0.5, 0.6) is 0 Å². The molecule has 1 amide bonds. The minimum absolute atomic E-state index is 0.00758. The van der Waals surface area contributed by atoms with Gasteiger partial charge in [0.05, 0.1) is 17.5 Å². The predicted octanol–water partition coefficient (Wildman–Crippen LogP) is 3.66. The summed E-state index contributed by atoms with van der Waals surface area (Å²) in [5.41, 5.74) is 2.20. The van der Waals surface area contributed by atoms with Crippen LogP contribution in [0, 0.1) is 0 Å². The summed E-state index contributed by atoms with van der Waals surface area (Å²) in [5.74, 6) is 1.78. The lowest BCUT2D eigenvalue weighted by atomic mass is 10.1. The van der Waals surface area contributed by atoms with Gasteiger partial charge in [0.2, 0.25) is 11.1 Å². The number of benzene rings is 2. The molecule has 1 aliphatic rings. The van der Waals surface area contributed by atoms with Crippen molar-refractivity contribution < 1.29 is 4.79 Å². The van der Waals surface area contributed by atoms with E-state index in [-0.39, 0.29) is 11.9 Å². The molecule has 3 aromatic rings. The van der Waals surface area contributed by atoms with Gasteiger partial charge in [-0.1, -0.05) is 60.3 Å². The standard InChI is InChI=1S/C23H27N5OS/c1-27(2)20(17-9-5-3-6-10-17)15-24-21(29)16-30-23-25-22(18-13-14-18)28(26-23)19-11-7-4-8-12-19/h3-12,18,20H,13-16H2,1-2H3,(H,24,29)/t20-/m1/s1. The maximum absolute atomic E-state index is 12.5. The molecule has 0 bridgehead atoms. The summed E-state index contributed by atoms with van der Waals surface area (Å²) in [4.78, 5) is 19.3. The average Bonchev–Trinajstić information content (AvgIpc) is 3.52. The molecule has 156 valence electrons. The summed E-state index contributed by atoms with van der Waals surface area (Å²) in [6.07, 6.45) is 2.31. The molecule has 1 saturated carbocycles. The highest BCUT2D eigenvalue weighted by Gasteiger charge is 2.30. The molecular formula is C23H27N5OS. The van der Waals surface area contributed by atoms with Gasteiger partial charge in [-0.2, -0.15) is 0 Å². The third-order valence-corrected chi connectivity index (χ3v) is 6.03. The number of aromatic nitrogens is 3. The van der Waals surface area contributed by atoms with Gasteiger partial charge in [0.25, 0.3) is 0 Å². The number of hydrogen-bond acceptors (Lipinski definition) is 5. The monoisotopic (exact) mass is 421 g/mol. The minimum atomic E-state index is -0.00758. The molecule has 1 N–H and O–H groups in total. The van der Waals surface area contributed by atoms with Crippen molar-refractivity contribution in [3.05, 3.63) is 72.1 Å². The smallest absolute Gasteiger partial charge is 0.230 e. The average molecular weight is 422 g/mol. The zero-order valence-corrected chi connectivity index (χ0v) is 18.2. The summed E-state index contributed by atoms with van der Waals surface area (Å²) in [6, 6.07) is 20.4. The fourth-order valence-corrected chi connectivity index (χ4v) is 4.06. The molecule has 6 nitrogen and oxygen atoms in total. The number of hydrogen-bond donors (Lipinski definition) is 1. The second-order valence-electron chi connectivity index (χ2n) is 7.76. The maximum Gasteiger partial charge on any atom is 0.230 e. The molecule has 1 fully saturated rings. The highest BCUT2D eigenvalue weighted by molar-refractivity contribution is 7.99. The number of nitrogens with one attached hydrogen (secondary N) is 1. The second kappa shape index (κ2) is 9.45. The van der Waals surface area contributed by atoms with E-state index in [9.17, 15) is 4.79 Å². The van der Waals surface area contributed by atoms with E-state index in [2.05, 4.69) is 27.4 Å². The Balaban J connectivity index is 1.36. The van der Waals surface area contributed by atoms with Gasteiger partial charge in [-0.15, -0.1) is 5.10 Å². The molecule has 1 aromatic heterocycles. The Bertz CT molecular complexity index is 970. The van der Waals surface area contributed by atoms with Crippen LogP contribution in [0.4, 0.5) is 0 Å². The summed E-state index contributed by atoms with van der Waals surface area (Å²) in [6.45, 7) is 0.565. The van der Waals surface area contributed by atoms with Gasteiger partial charge in [0.15, 0.2) is 0 Å². The molecule has 0 radical (unpaired) electrons. The van der Waals surface area contributed by atoms with Crippen LogP contribution >= 0.6 is 11.8 Å². The zero-order valence-electron chi connectivity index (χ0n) is 17.4. The predicted molar refractivity (Wildman–Crippen MR) is 120 cm³/mol. The minimum Gasteiger partial charge on any atom is -0.353 e. The van der Waals surface area contributed by atoms with Crippen LogP contribution in [0.25, 0.3) is 5.69 Å². The first-order valence-electron chi connectivity index (χ1n) is 10.2. The fraction of sp³-hybridized carbons (Fsp3) is 0.348. The van der Waals surface area contributed by atoms with Crippen LogP contribution in [0.15, 0.2) is 65.8 Å². The summed E-state index contributed by atoms with van der Waals surface area (Å²) >= 11 is 1.39. The van der Waals surface area contributed by atoms with E-state index < -0.39 is 0 Å². The Labute approximate surface area is 181 Å². The molecule has 1 aliphatic carbocycles. The largest absolute Gasteiger partial charge is 0.353 e. The lowest BCUT2D eigenvalue weighted by Gasteiger charge is -2.25. The van der Waals surface area contributed by atoms with Crippen molar-refractivity contribution in [1.82, 2.24) is 25.0 Å². The molecule has 4 rings (SSSR count).